The highest BCUT2D eigenvalue weighted by atomic mass is 16.6. The molecule has 5 rings (SSSR count). The van der Waals surface area contributed by atoms with Gasteiger partial charge in [-0.3, -0.25) is 14.4 Å². The Balaban J connectivity index is 1.73. The van der Waals surface area contributed by atoms with E-state index in [1.807, 2.05) is 13.0 Å². The van der Waals surface area contributed by atoms with Crippen molar-refractivity contribution in [2.75, 3.05) is 0 Å². The predicted molar refractivity (Wildman–Crippen MR) is 140 cm³/mol. The number of benzene rings is 1. The zero-order valence-electron chi connectivity index (χ0n) is 23.7. The molecule has 1 aromatic rings. The lowest BCUT2D eigenvalue weighted by Crippen LogP contribution is -2.73. The molecule has 0 heterocycles. The van der Waals surface area contributed by atoms with Gasteiger partial charge in [0.1, 0.15) is 24.1 Å². The monoisotopic (exact) mass is 540 g/mol. The van der Waals surface area contributed by atoms with E-state index in [1.54, 1.807) is 24.3 Å². The number of carbonyl (C=O) groups excluding carboxylic acids is 4. The highest BCUT2D eigenvalue weighted by molar-refractivity contribution is 5.90. The number of Topliss-reactive ketones (excluding diaryl/α,β-unsaturated/α-hetero) is 1. The number of fused-ring (bicyclic) bond motifs is 2. The normalized spacial score (nSPS) is 42.1. The van der Waals surface area contributed by atoms with Gasteiger partial charge in [0, 0.05) is 37.5 Å². The van der Waals surface area contributed by atoms with Gasteiger partial charge >= 0.3 is 17.9 Å². The van der Waals surface area contributed by atoms with Crippen LogP contribution in [0.1, 0.15) is 84.0 Å². The van der Waals surface area contributed by atoms with Crippen molar-refractivity contribution in [3.8, 4) is 0 Å². The van der Waals surface area contributed by atoms with Gasteiger partial charge in [0.05, 0.1) is 17.1 Å². The molecule has 1 aromatic carbocycles. The highest BCUT2D eigenvalue weighted by Gasteiger charge is 2.79. The second-order valence-electron chi connectivity index (χ2n) is 13.4. The lowest BCUT2D eigenvalue weighted by molar-refractivity contribution is -0.289. The molecule has 4 saturated carbocycles. The third kappa shape index (κ3) is 3.96. The van der Waals surface area contributed by atoms with Crippen molar-refractivity contribution >= 4 is 23.7 Å². The Bertz CT molecular complexity index is 1190. The first-order chi connectivity index (χ1) is 18.2. The first kappa shape index (κ1) is 27.8. The van der Waals surface area contributed by atoms with E-state index in [0.29, 0.717) is 31.2 Å². The summed E-state index contributed by atoms with van der Waals surface area (Å²) in [4.78, 5) is 52.0. The molecule has 0 aliphatic heterocycles. The van der Waals surface area contributed by atoms with E-state index in [0.717, 1.165) is 0 Å². The number of esters is 3. The van der Waals surface area contributed by atoms with Crippen LogP contribution in [0.5, 0.6) is 0 Å². The zero-order valence-corrected chi connectivity index (χ0v) is 23.7. The topological polar surface area (TPSA) is 116 Å². The summed E-state index contributed by atoms with van der Waals surface area (Å²) in [6.45, 7) is 10.8. The average Bonchev–Trinajstić information content (AvgIpc) is 3.09. The fourth-order valence-corrected chi connectivity index (χ4v) is 9.28. The maximum absolute atomic E-state index is 13.6. The van der Waals surface area contributed by atoms with Gasteiger partial charge in [-0.1, -0.05) is 45.9 Å². The quantitative estimate of drug-likeness (QED) is 0.445. The molecule has 1 N–H and O–H groups in total. The molecule has 9 unspecified atom stereocenters. The predicted octanol–water partition coefficient (Wildman–Crippen LogP) is 4.27. The SMILES string of the molecule is CC(=O)OC1C(OC(=O)c2ccccc2)C2C(C)(C)CCC(OC(C)=O)C2(C)C23CC(O)C(C)(C2)C(=O)CC13. The van der Waals surface area contributed by atoms with Crippen LogP contribution in [-0.2, 0) is 28.6 Å². The number of aliphatic hydroxyl groups excluding tert-OH is 1. The Kier molecular flexibility index (Phi) is 6.52. The van der Waals surface area contributed by atoms with Crippen LogP contribution >= 0.6 is 0 Å². The summed E-state index contributed by atoms with van der Waals surface area (Å²) >= 11 is 0. The van der Waals surface area contributed by atoms with Crippen LogP contribution < -0.4 is 0 Å². The first-order valence-corrected chi connectivity index (χ1v) is 14.0. The van der Waals surface area contributed by atoms with E-state index in [4.69, 9.17) is 14.2 Å². The maximum Gasteiger partial charge on any atom is 0.338 e. The van der Waals surface area contributed by atoms with Crippen molar-refractivity contribution in [1.29, 1.82) is 0 Å². The van der Waals surface area contributed by atoms with Crippen LogP contribution in [0.25, 0.3) is 0 Å². The smallest absolute Gasteiger partial charge is 0.338 e. The van der Waals surface area contributed by atoms with Gasteiger partial charge in [0.15, 0.2) is 0 Å². The van der Waals surface area contributed by atoms with Gasteiger partial charge < -0.3 is 19.3 Å². The molecule has 0 saturated heterocycles. The molecule has 8 heteroatoms. The van der Waals surface area contributed by atoms with E-state index in [1.165, 1.54) is 13.8 Å². The van der Waals surface area contributed by atoms with Crippen LogP contribution in [0.15, 0.2) is 30.3 Å². The highest BCUT2D eigenvalue weighted by Crippen LogP contribution is 2.76. The Morgan fingerprint density at radius 3 is 2.18 bits per heavy atom. The van der Waals surface area contributed by atoms with Gasteiger partial charge in [-0.25, -0.2) is 4.79 Å². The molecule has 0 amide bonds. The largest absolute Gasteiger partial charge is 0.462 e. The molecule has 0 radical (unpaired) electrons. The minimum absolute atomic E-state index is 0.0837. The lowest BCUT2D eigenvalue weighted by Gasteiger charge is -2.70. The third-order valence-corrected chi connectivity index (χ3v) is 10.9. The van der Waals surface area contributed by atoms with E-state index in [-0.39, 0.29) is 18.1 Å². The summed E-state index contributed by atoms with van der Waals surface area (Å²) in [6, 6.07) is 8.65. The van der Waals surface area contributed by atoms with E-state index >= 15 is 0 Å². The molecule has 9 atom stereocenters. The fourth-order valence-electron chi connectivity index (χ4n) is 9.28. The Morgan fingerprint density at radius 1 is 0.923 bits per heavy atom. The maximum atomic E-state index is 13.6. The van der Waals surface area contributed by atoms with E-state index < -0.39 is 69.9 Å². The molecule has 39 heavy (non-hydrogen) atoms. The zero-order chi connectivity index (χ0) is 28.5. The second kappa shape index (κ2) is 9.15. The lowest BCUT2D eigenvalue weighted by atomic mass is 9.36. The Labute approximate surface area is 229 Å². The number of rotatable bonds is 4. The van der Waals surface area contributed by atoms with Crippen molar-refractivity contribution in [1.82, 2.24) is 0 Å². The third-order valence-electron chi connectivity index (χ3n) is 10.9. The number of carbonyl (C=O) groups is 4. The van der Waals surface area contributed by atoms with Gasteiger partial charge in [0.2, 0.25) is 0 Å². The van der Waals surface area contributed by atoms with Crippen molar-refractivity contribution in [3.05, 3.63) is 35.9 Å². The summed E-state index contributed by atoms with van der Waals surface area (Å²) in [5.74, 6) is -2.45. The summed E-state index contributed by atoms with van der Waals surface area (Å²) in [5.41, 5.74) is -2.44. The van der Waals surface area contributed by atoms with Crippen molar-refractivity contribution in [2.45, 2.75) is 98.1 Å². The molecular formula is C31H40O8. The number of aliphatic hydroxyl groups is 1. The van der Waals surface area contributed by atoms with Gasteiger partial charge in [-0.15, -0.1) is 0 Å². The molecule has 0 aromatic heterocycles. The van der Waals surface area contributed by atoms with Crippen molar-refractivity contribution in [3.63, 3.8) is 0 Å². The van der Waals surface area contributed by atoms with E-state index in [2.05, 4.69) is 20.8 Å². The molecule has 2 bridgehead atoms. The summed E-state index contributed by atoms with van der Waals surface area (Å²) in [7, 11) is 0. The van der Waals surface area contributed by atoms with Crippen LogP contribution in [0, 0.1) is 33.5 Å². The van der Waals surface area contributed by atoms with Crippen LogP contribution in [0.3, 0.4) is 0 Å². The number of ether oxygens (including phenoxy) is 3. The minimum Gasteiger partial charge on any atom is -0.462 e. The second-order valence-corrected chi connectivity index (χ2v) is 13.4. The molecule has 4 fully saturated rings. The number of ketones is 1. The van der Waals surface area contributed by atoms with Crippen LogP contribution in [0.4, 0.5) is 0 Å². The standard InChI is InChI=1S/C31H40O8/c1-17(32)37-23-12-13-28(3,4)26-25(39-27(36)19-10-8-7-9-11-19)24(38-18(2)33)20-14-21(34)29(5)16-31(20,15-22(29)35)30(23,26)6/h7-11,20,22-26,35H,12-16H2,1-6H3. The number of hydrogen-bond donors (Lipinski definition) is 1. The fraction of sp³-hybridized carbons (Fsp3) is 0.677. The Morgan fingerprint density at radius 2 is 1.56 bits per heavy atom. The number of hydrogen-bond acceptors (Lipinski definition) is 8. The van der Waals surface area contributed by atoms with Crippen molar-refractivity contribution in [2.24, 2.45) is 33.5 Å². The van der Waals surface area contributed by atoms with Crippen LogP contribution in [0.2, 0.25) is 0 Å². The molecule has 4 aliphatic rings. The molecule has 8 nitrogen and oxygen atoms in total. The van der Waals surface area contributed by atoms with Gasteiger partial charge in [-0.05, 0) is 48.6 Å². The summed E-state index contributed by atoms with van der Waals surface area (Å²) in [6.07, 6.45) is -1.08. The van der Waals surface area contributed by atoms with Crippen molar-refractivity contribution < 1.29 is 38.5 Å². The minimum atomic E-state index is -0.944. The molecule has 1 spiro atoms. The van der Waals surface area contributed by atoms with Crippen LogP contribution in [-0.4, -0.2) is 53.2 Å². The first-order valence-electron chi connectivity index (χ1n) is 14.0. The van der Waals surface area contributed by atoms with Gasteiger partial charge in [-0.2, -0.15) is 0 Å². The Hall–Kier alpha value is -2.74. The molecule has 212 valence electrons. The average molecular weight is 541 g/mol. The van der Waals surface area contributed by atoms with E-state index in [9.17, 15) is 24.3 Å². The van der Waals surface area contributed by atoms with Gasteiger partial charge in [0.25, 0.3) is 0 Å². The summed E-state index contributed by atoms with van der Waals surface area (Å²) in [5, 5.41) is 11.4. The summed E-state index contributed by atoms with van der Waals surface area (Å²) < 4.78 is 18.4. The molecular weight excluding hydrogens is 500 g/mol. The molecule has 4 aliphatic carbocycles.